The second kappa shape index (κ2) is 16.6. The maximum atomic E-state index is 11.8. The zero-order chi connectivity index (χ0) is 26.1. The number of aliphatic hydroxyl groups excluding tert-OH is 2. The van der Waals surface area contributed by atoms with Gasteiger partial charge in [0.05, 0.1) is 29.4 Å². The molecular weight excluding hydrogens is 452 g/mol. The number of carboxylic acid groups (broad SMARTS) is 1. The van der Waals surface area contributed by atoms with Gasteiger partial charge >= 0.3 is 17.9 Å². The van der Waals surface area contributed by atoms with E-state index in [0.29, 0.717) is 16.7 Å². The number of carboxylic acids is 1. The molecule has 3 aromatic rings. The highest BCUT2D eigenvalue weighted by molar-refractivity contribution is 5.90. The number of hydrogen-bond donors (Lipinski definition) is 3. The van der Waals surface area contributed by atoms with Crippen LogP contribution in [0.4, 0.5) is 0 Å². The number of aromatic carboxylic acids is 1. The van der Waals surface area contributed by atoms with E-state index in [4.69, 9.17) is 24.8 Å². The molecule has 0 spiro atoms. The van der Waals surface area contributed by atoms with E-state index in [9.17, 15) is 14.4 Å². The minimum atomic E-state index is -0.879. The standard InChI is InChI=1S/C17H16O4.C7H6O2.C3H8O2/c1-13(21-17(19)15-10-6-3-7-11-15)12-20-16(18)14-8-4-2-5-9-14;8-7(9)6-4-2-1-3-5-6;1-3(5)2-4/h2-11,13H,12H2,1H3;1-5H,(H,8,9);3-5H,2H2,1H3. The summed E-state index contributed by atoms with van der Waals surface area (Å²) in [6, 6.07) is 25.7. The summed E-state index contributed by atoms with van der Waals surface area (Å²) < 4.78 is 10.3. The van der Waals surface area contributed by atoms with Gasteiger partial charge in [0.1, 0.15) is 12.7 Å². The first kappa shape index (κ1) is 29.0. The van der Waals surface area contributed by atoms with Crippen LogP contribution < -0.4 is 0 Å². The number of esters is 2. The lowest BCUT2D eigenvalue weighted by atomic mass is 10.2. The van der Waals surface area contributed by atoms with E-state index in [1.165, 1.54) is 6.92 Å². The van der Waals surface area contributed by atoms with Crippen molar-refractivity contribution in [2.24, 2.45) is 0 Å². The number of benzene rings is 3. The average Bonchev–Trinajstić information content (AvgIpc) is 2.89. The molecule has 0 aliphatic carbocycles. The normalized spacial score (nSPS) is 11.3. The molecule has 0 amide bonds. The third kappa shape index (κ3) is 12.7. The fourth-order valence-corrected chi connectivity index (χ4v) is 2.29. The summed E-state index contributed by atoms with van der Waals surface area (Å²) in [5.41, 5.74) is 1.27. The van der Waals surface area contributed by atoms with Gasteiger partial charge in [0.25, 0.3) is 0 Å². The lowest BCUT2D eigenvalue weighted by Crippen LogP contribution is -2.22. The SMILES string of the molecule is CC(COC(=O)c1ccccc1)OC(=O)c1ccccc1.CC(O)CO.O=C(O)c1ccccc1. The van der Waals surface area contributed by atoms with E-state index < -0.39 is 30.1 Å². The molecule has 0 aliphatic heterocycles. The fourth-order valence-electron chi connectivity index (χ4n) is 2.29. The summed E-state index contributed by atoms with van der Waals surface area (Å²) in [4.78, 5) is 33.8. The molecule has 0 radical (unpaired) electrons. The molecule has 0 saturated heterocycles. The van der Waals surface area contributed by atoms with Gasteiger partial charge in [-0.3, -0.25) is 0 Å². The minimum Gasteiger partial charge on any atom is -0.478 e. The highest BCUT2D eigenvalue weighted by Crippen LogP contribution is 2.06. The number of rotatable bonds is 7. The highest BCUT2D eigenvalue weighted by Gasteiger charge is 2.14. The van der Waals surface area contributed by atoms with Crippen molar-refractivity contribution in [3.63, 3.8) is 0 Å². The lowest BCUT2D eigenvalue weighted by molar-refractivity contribution is 0.00448. The summed E-state index contributed by atoms with van der Waals surface area (Å²) in [5, 5.41) is 24.4. The van der Waals surface area contributed by atoms with Crippen LogP contribution in [-0.4, -0.2) is 58.6 Å². The summed E-state index contributed by atoms with van der Waals surface area (Å²) in [7, 11) is 0. The van der Waals surface area contributed by atoms with Gasteiger partial charge in [-0.05, 0) is 50.2 Å². The van der Waals surface area contributed by atoms with Crippen molar-refractivity contribution in [1.82, 2.24) is 0 Å². The molecule has 0 fully saturated rings. The molecule has 3 aromatic carbocycles. The Kier molecular flexibility index (Phi) is 13.7. The van der Waals surface area contributed by atoms with Crippen LogP contribution in [0.25, 0.3) is 0 Å². The second-order valence-corrected chi connectivity index (χ2v) is 7.25. The van der Waals surface area contributed by atoms with Crippen LogP contribution in [0.5, 0.6) is 0 Å². The lowest BCUT2D eigenvalue weighted by Gasteiger charge is -2.13. The molecule has 186 valence electrons. The van der Waals surface area contributed by atoms with Crippen molar-refractivity contribution >= 4 is 17.9 Å². The van der Waals surface area contributed by atoms with E-state index in [1.807, 2.05) is 12.1 Å². The summed E-state index contributed by atoms with van der Waals surface area (Å²) in [6.45, 7) is 3.09. The number of aliphatic hydroxyl groups is 2. The summed E-state index contributed by atoms with van der Waals surface area (Å²) in [5.74, 6) is -1.74. The predicted octanol–water partition coefficient (Wildman–Crippen LogP) is 3.83. The molecule has 0 aromatic heterocycles. The monoisotopic (exact) mass is 482 g/mol. The van der Waals surface area contributed by atoms with Crippen molar-refractivity contribution < 1.29 is 39.2 Å². The molecule has 3 rings (SSSR count). The third-order valence-corrected chi connectivity index (χ3v) is 4.06. The van der Waals surface area contributed by atoms with Crippen LogP contribution in [0.2, 0.25) is 0 Å². The highest BCUT2D eigenvalue weighted by atomic mass is 16.6. The molecule has 0 bridgehead atoms. The first-order valence-electron chi connectivity index (χ1n) is 10.8. The molecule has 0 saturated carbocycles. The van der Waals surface area contributed by atoms with Crippen LogP contribution in [-0.2, 0) is 9.47 Å². The van der Waals surface area contributed by atoms with Crippen molar-refractivity contribution in [1.29, 1.82) is 0 Å². The molecule has 3 N–H and O–H groups in total. The van der Waals surface area contributed by atoms with E-state index in [1.54, 1.807) is 85.8 Å². The van der Waals surface area contributed by atoms with Crippen LogP contribution in [0.3, 0.4) is 0 Å². The Labute approximate surface area is 204 Å². The van der Waals surface area contributed by atoms with Crippen LogP contribution in [0.1, 0.15) is 44.9 Å². The molecule has 8 nitrogen and oxygen atoms in total. The second-order valence-electron chi connectivity index (χ2n) is 7.25. The molecule has 0 aliphatic rings. The predicted molar refractivity (Wildman–Crippen MR) is 130 cm³/mol. The molecule has 2 atom stereocenters. The average molecular weight is 483 g/mol. The van der Waals surface area contributed by atoms with E-state index >= 15 is 0 Å². The van der Waals surface area contributed by atoms with E-state index in [-0.39, 0.29) is 13.2 Å². The van der Waals surface area contributed by atoms with Crippen molar-refractivity contribution in [3.8, 4) is 0 Å². The molecule has 8 heteroatoms. The van der Waals surface area contributed by atoms with E-state index in [0.717, 1.165) is 0 Å². The van der Waals surface area contributed by atoms with Crippen LogP contribution >= 0.6 is 0 Å². The van der Waals surface area contributed by atoms with Crippen LogP contribution in [0.15, 0.2) is 91.0 Å². The quantitative estimate of drug-likeness (QED) is 0.433. The minimum absolute atomic E-state index is 0.0201. The summed E-state index contributed by atoms with van der Waals surface area (Å²) in [6.07, 6.45) is -1.07. The van der Waals surface area contributed by atoms with Gasteiger partial charge in [-0.2, -0.15) is 0 Å². The first-order chi connectivity index (χ1) is 16.7. The van der Waals surface area contributed by atoms with Crippen molar-refractivity contribution in [3.05, 3.63) is 108 Å². The summed E-state index contributed by atoms with van der Waals surface area (Å²) >= 11 is 0. The van der Waals surface area contributed by atoms with Gasteiger partial charge in [0, 0.05) is 0 Å². The Bertz CT molecular complexity index is 1010. The van der Waals surface area contributed by atoms with Gasteiger partial charge in [0.15, 0.2) is 0 Å². The van der Waals surface area contributed by atoms with Gasteiger partial charge in [-0.25, -0.2) is 14.4 Å². The van der Waals surface area contributed by atoms with Crippen molar-refractivity contribution in [2.75, 3.05) is 13.2 Å². The number of carbonyl (C=O) groups is 3. The van der Waals surface area contributed by atoms with Gasteiger partial charge < -0.3 is 24.8 Å². The maximum Gasteiger partial charge on any atom is 0.338 e. The molecule has 2 unspecified atom stereocenters. The van der Waals surface area contributed by atoms with Crippen molar-refractivity contribution in [2.45, 2.75) is 26.1 Å². The third-order valence-electron chi connectivity index (χ3n) is 4.06. The smallest absolute Gasteiger partial charge is 0.338 e. The Morgan fingerprint density at radius 1 is 0.714 bits per heavy atom. The van der Waals surface area contributed by atoms with Gasteiger partial charge in [-0.15, -0.1) is 0 Å². The fraction of sp³-hybridized carbons (Fsp3) is 0.222. The largest absolute Gasteiger partial charge is 0.478 e. The number of ether oxygens (including phenoxy) is 2. The Morgan fingerprint density at radius 3 is 1.43 bits per heavy atom. The molecule has 35 heavy (non-hydrogen) atoms. The zero-order valence-corrected chi connectivity index (χ0v) is 19.6. The Morgan fingerprint density at radius 2 is 1.09 bits per heavy atom. The van der Waals surface area contributed by atoms with Gasteiger partial charge in [-0.1, -0.05) is 54.6 Å². The number of hydrogen-bond acceptors (Lipinski definition) is 7. The maximum absolute atomic E-state index is 11.8. The number of carbonyl (C=O) groups excluding carboxylic acids is 2. The topological polar surface area (TPSA) is 130 Å². The molecule has 0 heterocycles. The van der Waals surface area contributed by atoms with Crippen LogP contribution in [0, 0.1) is 0 Å². The van der Waals surface area contributed by atoms with Gasteiger partial charge in [0.2, 0.25) is 0 Å². The Hall–Kier alpha value is -4.01. The molecular formula is C27H30O8. The zero-order valence-electron chi connectivity index (χ0n) is 19.6. The van der Waals surface area contributed by atoms with E-state index in [2.05, 4.69) is 0 Å². The Balaban J connectivity index is 0.000000359. The first-order valence-corrected chi connectivity index (χ1v) is 10.8.